The van der Waals surface area contributed by atoms with Crippen LogP contribution >= 0.6 is 0 Å². The van der Waals surface area contributed by atoms with E-state index in [1.165, 1.54) is 43.5 Å². The SMILES string of the molecule is Cc1cc(C2(O)CC2)c(F)c(C)c1Oc1nnc(C(F)(F)F)c(C)c1C(=O)Nc1cccc(S(C)(=N)=O)c1. The lowest BCUT2D eigenvalue weighted by molar-refractivity contribution is -0.142. The molecule has 3 N–H and O–H groups in total. The predicted octanol–water partition coefficient (Wildman–Crippen LogP) is 5.62. The second-order valence-electron chi connectivity index (χ2n) is 9.32. The van der Waals surface area contributed by atoms with E-state index < -0.39 is 55.9 Å². The summed E-state index contributed by atoms with van der Waals surface area (Å²) in [7, 11) is -3.13. The van der Waals surface area contributed by atoms with Crippen molar-refractivity contribution in [2.45, 2.75) is 50.3 Å². The summed E-state index contributed by atoms with van der Waals surface area (Å²) in [5, 5.41) is 19.5. The first kappa shape index (κ1) is 27.5. The number of hydrogen-bond donors (Lipinski definition) is 3. The van der Waals surface area contributed by atoms with Crippen molar-refractivity contribution in [3.05, 3.63) is 69.7 Å². The molecule has 0 bridgehead atoms. The number of ether oxygens (including phenoxy) is 1. The van der Waals surface area contributed by atoms with Gasteiger partial charge >= 0.3 is 6.18 Å². The van der Waals surface area contributed by atoms with Crippen LogP contribution < -0.4 is 10.1 Å². The predicted molar refractivity (Wildman–Crippen MR) is 130 cm³/mol. The topological polar surface area (TPSA) is 125 Å². The first-order valence-electron chi connectivity index (χ1n) is 11.3. The third-order valence-corrected chi connectivity index (χ3v) is 7.42. The van der Waals surface area contributed by atoms with Crippen molar-refractivity contribution in [2.24, 2.45) is 0 Å². The van der Waals surface area contributed by atoms with Crippen LogP contribution in [0.15, 0.2) is 35.2 Å². The van der Waals surface area contributed by atoms with Crippen molar-refractivity contribution in [2.75, 3.05) is 11.6 Å². The van der Waals surface area contributed by atoms with Gasteiger partial charge < -0.3 is 15.2 Å². The van der Waals surface area contributed by atoms with Gasteiger partial charge in [-0.05, 0) is 69.0 Å². The molecule has 1 saturated carbocycles. The number of carbonyl (C=O) groups is 1. The maximum atomic E-state index is 15.1. The molecule has 1 fully saturated rings. The van der Waals surface area contributed by atoms with Gasteiger partial charge in [0.15, 0.2) is 5.69 Å². The molecule has 13 heteroatoms. The Labute approximate surface area is 216 Å². The van der Waals surface area contributed by atoms with Crippen LogP contribution in [0.1, 0.15) is 51.1 Å². The number of alkyl halides is 3. The lowest BCUT2D eigenvalue weighted by Crippen LogP contribution is -2.21. The molecular weight excluding hydrogens is 528 g/mol. The second-order valence-corrected chi connectivity index (χ2v) is 11.5. The molecule has 1 amide bonds. The van der Waals surface area contributed by atoms with E-state index >= 15 is 4.39 Å². The van der Waals surface area contributed by atoms with Gasteiger partial charge in [-0.1, -0.05) is 6.07 Å². The van der Waals surface area contributed by atoms with E-state index in [2.05, 4.69) is 15.5 Å². The van der Waals surface area contributed by atoms with Crippen LogP contribution in [-0.2, 0) is 21.5 Å². The van der Waals surface area contributed by atoms with E-state index in [1.807, 2.05) is 0 Å². The Morgan fingerprint density at radius 1 is 1.16 bits per heavy atom. The Balaban J connectivity index is 1.80. The molecule has 0 radical (unpaired) electrons. The van der Waals surface area contributed by atoms with Crippen molar-refractivity contribution < 1.29 is 36.4 Å². The van der Waals surface area contributed by atoms with Crippen LogP contribution in [0.25, 0.3) is 0 Å². The van der Waals surface area contributed by atoms with Crippen molar-refractivity contribution in [3.8, 4) is 11.6 Å². The highest BCUT2D eigenvalue weighted by molar-refractivity contribution is 7.91. The maximum absolute atomic E-state index is 15.1. The Morgan fingerprint density at radius 3 is 2.39 bits per heavy atom. The molecule has 38 heavy (non-hydrogen) atoms. The molecule has 1 atom stereocenters. The second kappa shape index (κ2) is 9.31. The van der Waals surface area contributed by atoms with Gasteiger partial charge in [-0.2, -0.15) is 13.2 Å². The molecule has 1 aromatic heterocycles. The van der Waals surface area contributed by atoms with E-state index in [9.17, 15) is 27.3 Å². The molecular formula is C25H24F4N4O4S. The van der Waals surface area contributed by atoms with Gasteiger partial charge in [0.25, 0.3) is 11.8 Å². The van der Waals surface area contributed by atoms with Crippen LogP contribution in [0.4, 0.5) is 23.2 Å². The van der Waals surface area contributed by atoms with Gasteiger partial charge in [0, 0.05) is 28.0 Å². The zero-order chi connectivity index (χ0) is 28.2. The minimum Gasteiger partial charge on any atom is -0.436 e. The van der Waals surface area contributed by atoms with Gasteiger partial charge in [0.05, 0.1) is 15.3 Å². The first-order chi connectivity index (χ1) is 17.5. The number of anilines is 1. The molecule has 0 aliphatic heterocycles. The summed E-state index contributed by atoms with van der Waals surface area (Å²) < 4.78 is 81.5. The Hall–Kier alpha value is -3.58. The van der Waals surface area contributed by atoms with Gasteiger partial charge in [0.1, 0.15) is 17.1 Å². The van der Waals surface area contributed by atoms with Crippen LogP contribution in [0.5, 0.6) is 11.6 Å². The Morgan fingerprint density at radius 2 is 1.82 bits per heavy atom. The Kier molecular flexibility index (Phi) is 6.73. The number of hydrogen-bond acceptors (Lipinski definition) is 7. The van der Waals surface area contributed by atoms with Crippen molar-refractivity contribution >= 4 is 21.3 Å². The number of aliphatic hydroxyl groups is 1. The maximum Gasteiger partial charge on any atom is 0.435 e. The molecule has 0 saturated heterocycles. The molecule has 202 valence electrons. The largest absolute Gasteiger partial charge is 0.436 e. The number of aryl methyl sites for hydroxylation is 1. The molecule has 1 aliphatic rings. The number of rotatable bonds is 6. The number of aromatic nitrogens is 2. The van der Waals surface area contributed by atoms with E-state index in [-0.39, 0.29) is 27.5 Å². The lowest BCUT2D eigenvalue weighted by atomic mass is 9.99. The molecule has 8 nitrogen and oxygen atoms in total. The number of nitrogens with one attached hydrogen (secondary N) is 2. The average Bonchev–Trinajstić information content (AvgIpc) is 3.56. The summed E-state index contributed by atoms with van der Waals surface area (Å²) in [5.41, 5.74) is -3.33. The Bertz CT molecular complexity index is 1570. The van der Waals surface area contributed by atoms with Crippen molar-refractivity contribution in [3.63, 3.8) is 0 Å². The molecule has 1 unspecified atom stereocenters. The van der Waals surface area contributed by atoms with E-state index in [0.717, 1.165) is 6.92 Å². The zero-order valence-corrected chi connectivity index (χ0v) is 21.6. The van der Waals surface area contributed by atoms with E-state index in [1.54, 1.807) is 6.92 Å². The summed E-state index contributed by atoms with van der Waals surface area (Å²) in [4.78, 5) is 13.4. The van der Waals surface area contributed by atoms with E-state index in [4.69, 9.17) is 9.52 Å². The van der Waals surface area contributed by atoms with Gasteiger partial charge in [-0.3, -0.25) is 4.79 Å². The summed E-state index contributed by atoms with van der Waals surface area (Å²) in [6, 6.07) is 6.93. The molecule has 0 spiro atoms. The number of benzene rings is 2. The highest BCUT2D eigenvalue weighted by Gasteiger charge is 2.45. The third-order valence-electron chi connectivity index (χ3n) is 6.27. The quantitative estimate of drug-likeness (QED) is 0.341. The van der Waals surface area contributed by atoms with Gasteiger partial charge in [-0.15, -0.1) is 10.2 Å². The molecule has 3 aromatic rings. The summed E-state index contributed by atoms with van der Waals surface area (Å²) in [6.45, 7) is 3.98. The van der Waals surface area contributed by atoms with Crippen LogP contribution in [-0.4, -0.2) is 31.7 Å². The van der Waals surface area contributed by atoms with E-state index in [0.29, 0.717) is 18.4 Å². The monoisotopic (exact) mass is 552 g/mol. The number of halogens is 4. The smallest absolute Gasteiger partial charge is 0.435 e. The molecule has 4 rings (SSSR count). The highest BCUT2D eigenvalue weighted by atomic mass is 32.2. The van der Waals surface area contributed by atoms with Crippen molar-refractivity contribution in [1.29, 1.82) is 4.78 Å². The summed E-state index contributed by atoms with van der Waals surface area (Å²) >= 11 is 0. The fraction of sp³-hybridized carbons (Fsp3) is 0.320. The molecule has 2 aromatic carbocycles. The minimum absolute atomic E-state index is 0.0214. The summed E-state index contributed by atoms with van der Waals surface area (Å²) in [6.07, 6.45) is -2.96. The number of nitrogens with zero attached hydrogens (tertiary/aromatic N) is 2. The minimum atomic E-state index is -4.93. The average molecular weight is 553 g/mol. The number of carbonyl (C=O) groups excluding carboxylic acids is 1. The highest BCUT2D eigenvalue weighted by Crippen LogP contribution is 2.48. The fourth-order valence-electron chi connectivity index (χ4n) is 4.04. The molecule has 1 aliphatic carbocycles. The lowest BCUT2D eigenvalue weighted by Gasteiger charge is -2.20. The van der Waals surface area contributed by atoms with Crippen LogP contribution in [0.3, 0.4) is 0 Å². The van der Waals surface area contributed by atoms with Crippen LogP contribution in [0, 0.1) is 31.4 Å². The standard InChI is InChI=1S/C25H24F4N4O4S/c1-12-10-17(24(35)8-9-24)19(26)14(3)20(12)37-23-18(13(2)21(32-33-23)25(27,28)29)22(34)31-15-6-5-7-16(11-15)38(4,30)36/h5-7,10-11,30,35H,8-9H2,1-4H3,(H,31,34). The third kappa shape index (κ3) is 5.20. The van der Waals surface area contributed by atoms with Gasteiger partial charge in [0.2, 0.25) is 0 Å². The van der Waals surface area contributed by atoms with Crippen molar-refractivity contribution in [1.82, 2.24) is 10.2 Å². The summed E-state index contributed by atoms with van der Waals surface area (Å²) in [5.74, 6) is -2.45. The fourth-order valence-corrected chi connectivity index (χ4v) is 4.73. The van der Waals surface area contributed by atoms with Crippen LogP contribution in [0.2, 0.25) is 0 Å². The van der Waals surface area contributed by atoms with Gasteiger partial charge in [-0.25, -0.2) is 13.4 Å². The zero-order valence-electron chi connectivity index (χ0n) is 20.8. The normalized spacial score (nSPS) is 16.0. The first-order valence-corrected chi connectivity index (χ1v) is 13.3. The molecule has 1 heterocycles. The number of amides is 1.